The normalized spacial score (nSPS) is 19.6. The van der Waals surface area contributed by atoms with Crippen LogP contribution in [0.5, 0.6) is 0 Å². The number of benzene rings is 1. The number of nitrogens with one attached hydrogen (secondary N) is 1. The van der Waals surface area contributed by atoms with Gasteiger partial charge in [-0.1, -0.05) is 18.2 Å². The van der Waals surface area contributed by atoms with E-state index in [1.54, 1.807) is 0 Å². The number of aromatic nitrogens is 1. The van der Waals surface area contributed by atoms with Crippen molar-refractivity contribution >= 4 is 22.6 Å². The van der Waals surface area contributed by atoms with Crippen LogP contribution in [0.15, 0.2) is 30.5 Å². The van der Waals surface area contributed by atoms with E-state index in [-0.39, 0.29) is 17.7 Å². The predicted octanol–water partition coefficient (Wildman–Crippen LogP) is 2.91. The lowest BCUT2D eigenvalue weighted by molar-refractivity contribution is 0.0697. The Morgan fingerprint density at radius 3 is 3.00 bits per heavy atom. The van der Waals surface area contributed by atoms with Crippen LogP contribution < -0.4 is 5.32 Å². The molecule has 1 aliphatic heterocycles. The van der Waals surface area contributed by atoms with Crippen LogP contribution in [0.25, 0.3) is 10.9 Å². The van der Waals surface area contributed by atoms with Crippen LogP contribution in [0.4, 0.5) is 5.69 Å². The number of carboxylic acid groups (broad SMARTS) is 1. The van der Waals surface area contributed by atoms with Crippen LogP contribution in [0.1, 0.15) is 30.1 Å². The lowest BCUT2D eigenvalue weighted by atomic mass is 10.1. The quantitative estimate of drug-likeness (QED) is 0.904. The summed E-state index contributed by atoms with van der Waals surface area (Å²) >= 11 is 0. The Morgan fingerprint density at radius 1 is 1.48 bits per heavy atom. The van der Waals surface area contributed by atoms with Gasteiger partial charge in [0, 0.05) is 24.2 Å². The molecule has 2 unspecified atom stereocenters. The maximum Gasteiger partial charge on any atom is 0.339 e. The Hall–Kier alpha value is -2.14. The van der Waals surface area contributed by atoms with Crippen molar-refractivity contribution in [2.24, 2.45) is 0 Å². The second kappa shape index (κ2) is 5.69. The highest BCUT2D eigenvalue weighted by Gasteiger charge is 2.24. The summed E-state index contributed by atoms with van der Waals surface area (Å²) < 4.78 is 5.67. The van der Waals surface area contributed by atoms with Gasteiger partial charge in [0.2, 0.25) is 0 Å². The molecule has 2 atom stereocenters. The second-order valence-corrected chi connectivity index (χ2v) is 5.35. The molecule has 110 valence electrons. The van der Waals surface area contributed by atoms with Gasteiger partial charge in [-0.25, -0.2) is 4.79 Å². The first-order valence-electron chi connectivity index (χ1n) is 7.16. The first-order valence-corrected chi connectivity index (χ1v) is 7.16. The SMILES string of the molecule is CC(Nc1c(C(=O)O)cnc2ccccc12)C1CCCO1. The molecule has 0 amide bonds. The minimum absolute atomic E-state index is 0.0522. The summed E-state index contributed by atoms with van der Waals surface area (Å²) in [6, 6.07) is 7.60. The predicted molar refractivity (Wildman–Crippen MR) is 80.8 cm³/mol. The van der Waals surface area contributed by atoms with E-state index in [2.05, 4.69) is 10.3 Å². The van der Waals surface area contributed by atoms with Crippen molar-refractivity contribution in [2.45, 2.75) is 31.9 Å². The van der Waals surface area contributed by atoms with Gasteiger partial charge in [-0.2, -0.15) is 0 Å². The summed E-state index contributed by atoms with van der Waals surface area (Å²) in [6.07, 6.45) is 3.59. The summed E-state index contributed by atoms with van der Waals surface area (Å²) in [5.41, 5.74) is 1.60. The molecule has 21 heavy (non-hydrogen) atoms. The van der Waals surface area contributed by atoms with Crippen molar-refractivity contribution in [3.8, 4) is 0 Å². The number of carboxylic acids is 1. The van der Waals surface area contributed by atoms with Gasteiger partial charge in [0.25, 0.3) is 0 Å². The largest absolute Gasteiger partial charge is 0.478 e. The first-order chi connectivity index (χ1) is 10.2. The van der Waals surface area contributed by atoms with Gasteiger partial charge in [-0.05, 0) is 25.8 Å². The van der Waals surface area contributed by atoms with E-state index in [9.17, 15) is 9.90 Å². The smallest absolute Gasteiger partial charge is 0.339 e. The summed E-state index contributed by atoms with van der Waals surface area (Å²) in [5, 5.41) is 13.5. The maximum atomic E-state index is 11.5. The minimum Gasteiger partial charge on any atom is -0.478 e. The van der Waals surface area contributed by atoms with E-state index in [0.717, 1.165) is 30.4 Å². The molecule has 3 rings (SSSR count). The fourth-order valence-corrected chi connectivity index (χ4v) is 2.78. The Kier molecular flexibility index (Phi) is 3.75. The van der Waals surface area contributed by atoms with E-state index < -0.39 is 5.97 Å². The Labute approximate surface area is 123 Å². The lowest BCUT2D eigenvalue weighted by Gasteiger charge is -2.23. The molecule has 1 aromatic carbocycles. The number of nitrogens with zero attached hydrogens (tertiary/aromatic N) is 1. The van der Waals surface area contributed by atoms with Crippen molar-refractivity contribution in [2.75, 3.05) is 11.9 Å². The molecule has 0 bridgehead atoms. The van der Waals surface area contributed by atoms with E-state index in [1.165, 1.54) is 6.20 Å². The average molecular weight is 286 g/mol. The molecule has 2 heterocycles. The summed E-state index contributed by atoms with van der Waals surface area (Å²) in [4.78, 5) is 15.7. The topological polar surface area (TPSA) is 71.5 Å². The van der Waals surface area contributed by atoms with Gasteiger partial charge in [0.15, 0.2) is 0 Å². The van der Waals surface area contributed by atoms with Gasteiger partial charge < -0.3 is 15.2 Å². The third-order valence-corrected chi connectivity index (χ3v) is 3.90. The number of hydrogen-bond donors (Lipinski definition) is 2. The third-order valence-electron chi connectivity index (χ3n) is 3.90. The van der Waals surface area contributed by atoms with Crippen molar-refractivity contribution in [3.05, 3.63) is 36.0 Å². The van der Waals surface area contributed by atoms with Crippen LogP contribution in [-0.2, 0) is 4.74 Å². The molecular formula is C16H18N2O3. The third kappa shape index (κ3) is 2.69. The van der Waals surface area contributed by atoms with Crippen LogP contribution >= 0.6 is 0 Å². The zero-order valence-electron chi connectivity index (χ0n) is 11.9. The van der Waals surface area contributed by atoms with Crippen LogP contribution in [0.2, 0.25) is 0 Å². The summed E-state index contributed by atoms with van der Waals surface area (Å²) in [7, 11) is 0. The number of ether oxygens (including phenoxy) is 1. The molecule has 1 fully saturated rings. The highest BCUT2D eigenvalue weighted by atomic mass is 16.5. The first kappa shape index (κ1) is 13.8. The number of para-hydroxylation sites is 1. The Balaban J connectivity index is 2.01. The molecular weight excluding hydrogens is 268 g/mol. The highest BCUT2D eigenvalue weighted by molar-refractivity contribution is 6.04. The fraction of sp³-hybridized carbons (Fsp3) is 0.375. The lowest BCUT2D eigenvalue weighted by Crippen LogP contribution is -2.30. The summed E-state index contributed by atoms with van der Waals surface area (Å²) in [6.45, 7) is 2.80. The molecule has 5 heteroatoms. The van der Waals surface area contributed by atoms with Crippen LogP contribution in [0.3, 0.4) is 0 Å². The van der Waals surface area contributed by atoms with Crippen molar-refractivity contribution in [1.82, 2.24) is 4.98 Å². The molecule has 2 aromatic rings. The van der Waals surface area contributed by atoms with Gasteiger partial charge >= 0.3 is 5.97 Å². The number of hydrogen-bond acceptors (Lipinski definition) is 4. The van der Waals surface area contributed by atoms with Gasteiger partial charge in [0.1, 0.15) is 5.56 Å². The number of pyridine rings is 1. The number of aromatic carboxylic acids is 1. The van der Waals surface area contributed by atoms with Crippen molar-refractivity contribution < 1.29 is 14.6 Å². The van der Waals surface area contributed by atoms with Gasteiger partial charge in [0.05, 0.1) is 17.3 Å². The number of anilines is 1. The molecule has 0 spiro atoms. The number of rotatable bonds is 4. The van der Waals surface area contributed by atoms with E-state index in [4.69, 9.17) is 4.74 Å². The highest BCUT2D eigenvalue weighted by Crippen LogP contribution is 2.28. The van der Waals surface area contributed by atoms with Crippen LogP contribution in [0, 0.1) is 0 Å². The van der Waals surface area contributed by atoms with Crippen molar-refractivity contribution in [3.63, 3.8) is 0 Å². The molecule has 1 aromatic heterocycles. The van der Waals surface area contributed by atoms with Gasteiger partial charge in [-0.15, -0.1) is 0 Å². The van der Waals surface area contributed by atoms with E-state index >= 15 is 0 Å². The maximum absolute atomic E-state index is 11.5. The minimum atomic E-state index is -0.977. The summed E-state index contributed by atoms with van der Waals surface area (Å²) in [5.74, 6) is -0.977. The second-order valence-electron chi connectivity index (χ2n) is 5.35. The molecule has 1 aliphatic rings. The average Bonchev–Trinajstić information content (AvgIpc) is 3.01. The van der Waals surface area contributed by atoms with Crippen LogP contribution in [-0.4, -0.2) is 34.8 Å². The molecule has 5 nitrogen and oxygen atoms in total. The number of carbonyl (C=O) groups is 1. The zero-order valence-corrected chi connectivity index (χ0v) is 11.9. The monoisotopic (exact) mass is 286 g/mol. The number of fused-ring (bicyclic) bond motifs is 1. The molecule has 2 N–H and O–H groups in total. The standard InChI is InChI=1S/C16H18N2O3/c1-10(14-7-4-8-21-14)18-15-11-5-2-3-6-13(11)17-9-12(15)16(19)20/h2-3,5-6,9-10,14H,4,7-8H2,1H3,(H,17,18)(H,19,20). The molecule has 0 aliphatic carbocycles. The fourth-order valence-electron chi connectivity index (χ4n) is 2.78. The Bertz CT molecular complexity index is 666. The Morgan fingerprint density at radius 2 is 2.29 bits per heavy atom. The molecule has 0 saturated carbocycles. The van der Waals surface area contributed by atoms with Crippen molar-refractivity contribution in [1.29, 1.82) is 0 Å². The molecule has 0 radical (unpaired) electrons. The zero-order chi connectivity index (χ0) is 14.8. The van der Waals surface area contributed by atoms with E-state index in [0.29, 0.717) is 5.69 Å². The van der Waals surface area contributed by atoms with E-state index in [1.807, 2.05) is 31.2 Å². The molecule has 1 saturated heterocycles. The van der Waals surface area contributed by atoms with Gasteiger partial charge in [-0.3, -0.25) is 4.98 Å².